The number of primary amides is 1. The molecule has 1 heterocycles. The minimum Gasteiger partial charge on any atom is -0.370 e. The number of likely N-dealkylation sites (tertiary alicyclic amines) is 1. The van der Waals surface area contributed by atoms with E-state index in [1.165, 1.54) is 12.1 Å². The number of nitrogens with zero attached hydrogens (tertiary/aromatic N) is 1. The van der Waals surface area contributed by atoms with Crippen LogP contribution in [0, 0.1) is 0 Å². The van der Waals surface area contributed by atoms with E-state index in [1.54, 1.807) is 0 Å². The maximum atomic E-state index is 12.8. The van der Waals surface area contributed by atoms with Crippen LogP contribution >= 0.6 is 0 Å². The van der Waals surface area contributed by atoms with E-state index in [1.807, 2.05) is 4.90 Å². The number of benzene rings is 1. The molecule has 2 rings (SSSR count). The summed E-state index contributed by atoms with van der Waals surface area (Å²) in [6.45, 7) is 1.38. The molecule has 138 valence electrons. The minimum absolute atomic E-state index is 0.0162. The van der Waals surface area contributed by atoms with Crippen molar-refractivity contribution in [3.8, 4) is 0 Å². The van der Waals surface area contributed by atoms with Gasteiger partial charge in [-0.15, -0.1) is 0 Å². The van der Waals surface area contributed by atoms with E-state index in [0.29, 0.717) is 13.0 Å². The smallest absolute Gasteiger partial charge is 0.370 e. The third-order valence-corrected chi connectivity index (χ3v) is 4.23. The van der Waals surface area contributed by atoms with Gasteiger partial charge in [0.05, 0.1) is 11.7 Å². The van der Waals surface area contributed by atoms with Crippen LogP contribution in [0.15, 0.2) is 24.3 Å². The second-order valence-corrected chi connectivity index (χ2v) is 6.17. The van der Waals surface area contributed by atoms with Crippen molar-refractivity contribution in [3.63, 3.8) is 0 Å². The number of halogens is 3. The predicted molar refractivity (Wildman–Crippen MR) is 86.6 cm³/mol. The van der Waals surface area contributed by atoms with Gasteiger partial charge in [-0.25, -0.2) is 0 Å². The van der Waals surface area contributed by atoms with E-state index in [0.717, 1.165) is 37.9 Å². The highest BCUT2D eigenvalue weighted by atomic mass is 19.4. The summed E-state index contributed by atoms with van der Waals surface area (Å²) in [5.74, 6) is -0.903. The highest BCUT2D eigenvalue weighted by Crippen LogP contribution is 2.29. The third-order valence-electron chi connectivity index (χ3n) is 4.23. The van der Waals surface area contributed by atoms with Crippen LogP contribution in [0.5, 0.6) is 0 Å². The maximum absolute atomic E-state index is 12.8. The number of carbonyl (C=O) groups is 2. The quantitative estimate of drug-likeness (QED) is 0.821. The molecule has 0 bridgehead atoms. The summed E-state index contributed by atoms with van der Waals surface area (Å²) >= 11 is 0. The number of alkyl halides is 3. The van der Waals surface area contributed by atoms with Gasteiger partial charge < -0.3 is 11.1 Å². The van der Waals surface area contributed by atoms with E-state index in [2.05, 4.69) is 5.32 Å². The van der Waals surface area contributed by atoms with E-state index in [9.17, 15) is 22.8 Å². The third kappa shape index (κ3) is 5.74. The molecule has 0 spiro atoms. The molecule has 1 atom stereocenters. The Hall–Kier alpha value is -2.09. The fraction of sp³-hybridized carbons (Fsp3) is 0.529. The first-order valence-electron chi connectivity index (χ1n) is 8.28. The summed E-state index contributed by atoms with van der Waals surface area (Å²) < 4.78 is 38.3. The van der Waals surface area contributed by atoms with Crippen molar-refractivity contribution in [1.29, 1.82) is 0 Å². The normalized spacial score (nSPS) is 18.8. The van der Waals surface area contributed by atoms with E-state index in [4.69, 9.17) is 5.73 Å². The Kier molecular flexibility index (Phi) is 6.41. The summed E-state index contributed by atoms with van der Waals surface area (Å²) in [4.78, 5) is 25.2. The Labute approximate surface area is 144 Å². The molecule has 0 aromatic heterocycles. The predicted octanol–water partition coefficient (Wildman–Crippen LogP) is 2.51. The fourth-order valence-electron chi connectivity index (χ4n) is 2.95. The van der Waals surface area contributed by atoms with Crippen LogP contribution in [-0.4, -0.2) is 36.0 Å². The zero-order chi connectivity index (χ0) is 18.4. The number of nitrogens with one attached hydrogen (secondary N) is 1. The van der Waals surface area contributed by atoms with Crippen molar-refractivity contribution < 1.29 is 22.8 Å². The first-order valence-corrected chi connectivity index (χ1v) is 8.28. The molecule has 1 fully saturated rings. The van der Waals surface area contributed by atoms with Gasteiger partial charge in [0.25, 0.3) is 5.91 Å². The second kappa shape index (κ2) is 8.33. The van der Waals surface area contributed by atoms with Gasteiger partial charge in [-0.1, -0.05) is 6.07 Å². The standard InChI is InChI=1S/C17H22F3N3O2/c18-17(19,20)13-6-3-5-12(11-13)16(25)22-15-8-1-2-9-23(15)10-4-7-14(21)24/h3,5-6,11,15H,1-2,4,7-10H2,(H2,21,24)(H,22,25). The molecule has 0 saturated carbocycles. The summed E-state index contributed by atoms with van der Waals surface area (Å²) in [5, 5.41) is 2.81. The van der Waals surface area contributed by atoms with Crippen molar-refractivity contribution >= 4 is 11.8 Å². The molecule has 1 unspecified atom stereocenters. The number of piperidine rings is 1. The van der Waals surface area contributed by atoms with Crippen LogP contribution in [0.25, 0.3) is 0 Å². The van der Waals surface area contributed by atoms with Gasteiger partial charge in [0.1, 0.15) is 0 Å². The number of hydrogen-bond donors (Lipinski definition) is 2. The molecular formula is C17H22F3N3O2. The van der Waals surface area contributed by atoms with Crippen molar-refractivity contribution in [2.75, 3.05) is 13.1 Å². The SMILES string of the molecule is NC(=O)CCCN1CCCCC1NC(=O)c1cccc(C(F)(F)F)c1. The molecular weight excluding hydrogens is 335 g/mol. The van der Waals surface area contributed by atoms with Gasteiger partial charge in [0.15, 0.2) is 0 Å². The van der Waals surface area contributed by atoms with Gasteiger partial charge in [0, 0.05) is 25.1 Å². The first-order chi connectivity index (χ1) is 11.8. The number of amides is 2. The van der Waals surface area contributed by atoms with Gasteiger partial charge >= 0.3 is 6.18 Å². The molecule has 1 saturated heterocycles. The Morgan fingerprint density at radius 2 is 2.04 bits per heavy atom. The Balaban J connectivity index is 2.00. The molecule has 5 nitrogen and oxygen atoms in total. The number of rotatable bonds is 6. The van der Waals surface area contributed by atoms with Gasteiger partial charge in [-0.05, 0) is 43.9 Å². The number of nitrogens with two attached hydrogens (primary N) is 1. The van der Waals surface area contributed by atoms with Gasteiger partial charge in [-0.3, -0.25) is 14.5 Å². The lowest BCUT2D eigenvalue weighted by Crippen LogP contribution is -2.51. The van der Waals surface area contributed by atoms with Crippen LogP contribution in [0.3, 0.4) is 0 Å². The molecule has 2 amide bonds. The Morgan fingerprint density at radius 1 is 1.28 bits per heavy atom. The second-order valence-electron chi connectivity index (χ2n) is 6.17. The number of hydrogen-bond acceptors (Lipinski definition) is 3. The van der Waals surface area contributed by atoms with E-state index in [-0.39, 0.29) is 24.1 Å². The molecule has 8 heteroatoms. The van der Waals surface area contributed by atoms with Crippen molar-refractivity contribution in [2.24, 2.45) is 5.73 Å². The van der Waals surface area contributed by atoms with Crippen LogP contribution in [0.4, 0.5) is 13.2 Å². The molecule has 25 heavy (non-hydrogen) atoms. The average molecular weight is 357 g/mol. The minimum atomic E-state index is -4.48. The monoisotopic (exact) mass is 357 g/mol. The van der Waals surface area contributed by atoms with Gasteiger partial charge in [-0.2, -0.15) is 13.2 Å². The Morgan fingerprint density at radius 3 is 2.72 bits per heavy atom. The lowest BCUT2D eigenvalue weighted by molar-refractivity contribution is -0.137. The van der Waals surface area contributed by atoms with Gasteiger partial charge in [0.2, 0.25) is 5.91 Å². The van der Waals surface area contributed by atoms with Crippen LogP contribution in [-0.2, 0) is 11.0 Å². The zero-order valence-electron chi connectivity index (χ0n) is 13.8. The summed E-state index contributed by atoms with van der Waals surface area (Å²) in [6.07, 6.45) is -1.24. The molecule has 0 radical (unpaired) electrons. The lowest BCUT2D eigenvalue weighted by Gasteiger charge is -2.36. The summed E-state index contributed by atoms with van der Waals surface area (Å²) in [5.41, 5.74) is 4.27. The highest BCUT2D eigenvalue weighted by molar-refractivity contribution is 5.94. The molecule has 1 aromatic rings. The fourth-order valence-corrected chi connectivity index (χ4v) is 2.95. The molecule has 3 N–H and O–H groups in total. The van der Waals surface area contributed by atoms with Crippen molar-refractivity contribution in [3.05, 3.63) is 35.4 Å². The summed E-state index contributed by atoms with van der Waals surface area (Å²) in [6, 6.07) is 4.39. The van der Waals surface area contributed by atoms with E-state index >= 15 is 0 Å². The molecule has 1 aliphatic rings. The van der Waals surface area contributed by atoms with Crippen molar-refractivity contribution in [2.45, 2.75) is 44.4 Å². The van der Waals surface area contributed by atoms with Crippen LogP contribution in [0.1, 0.15) is 48.0 Å². The zero-order valence-corrected chi connectivity index (χ0v) is 13.8. The maximum Gasteiger partial charge on any atom is 0.416 e. The molecule has 1 aromatic carbocycles. The first kappa shape index (κ1) is 19.2. The van der Waals surface area contributed by atoms with Crippen LogP contribution < -0.4 is 11.1 Å². The summed E-state index contributed by atoms with van der Waals surface area (Å²) in [7, 11) is 0. The van der Waals surface area contributed by atoms with Crippen molar-refractivity contribution in [1.82, 2.24) is 10.2 Å². The average Bonchev–Trinajstić information content (AvgIpc) is 2.55. The Bertz CT molecular complexity index is 619. The van der Waals surface area contributed by atoms with E-state index < -0.39 is 17.6 Å². The highest BCUT2D eigenvalue weighted by Gasteiger charge is 2.31. The molecule has 1 aliphatic heterocycles. The topological polar surface area (TPSA) is 75.4 Å². The lowest BCUT2D eigenvalue weighted by atomic mass is 10.1. The molecule has 0 aliphatic carbocycles. The van der Waals surface area contributed by atoms with Crippen LogP contribution in [0.2, 0.25) is 0 Å². The largest absolute Gasteiger partial charge is 0.416 e. The number of carbonyl (C=O) groups excluding carboxylic acids is 2.